The highest BCUT2D eigenvalue weighted by atomic mass is 32.2. The van der Waals surface area contributed by atoms with Crippen molar-refractivity contribution in [2.75, 3.05) is 6.61 Å². The molecule has 9 heteroatoms. The van der Waals surface area contributed by atoms with Crippen LogP contribution in [0, 0.1) is 6.92 Å². The highest BCUT2D eigenvalue weighted by Crippen LogP contribution is 2.24. The van der Waals surface area contributed by atoms with Crippen molar-refractivity contribution >= 4 is 16.0 Å². The first-order valence-corrected chi connectivity index (χ1v) is 15.7. The molecule has 0 fully saturated rings. The van der Waals surface area contributed by atoms with Crippen LogP contribution in [0.2, 0.25) is 0 Å². The molecule has 42 heavy (non-hydrogen) atoms. The van der Waals surface area contributed by atoms with Gasteiger partial charge in [-0.25, -0.2) is 18.4 Å². The summed E-state index contributed by atoms with van der Waals surface area (Å²) in [6.45, 7) is 4.78. The molecular weight excluding hydrogens is 550 g/mol. The van der Waals surface area contributed by atoms with Crippen LogP contribution >= 0.6 is 0 Å². The number of benzene rings is 3. The van der Waals surface area contributed by atoms with E-state index in [-0.39, 0.29) is 11.3 Å². The van der Waals surface area contributed by atoms with Crippen molar-refractivity contribution < 1.29 is 23.1 Å². The number of ether oxygens (including phenoxy) is 1. The molecular formula is C33H37N3O5S. The van der Waals surface area contributed by atoms with Crippen LogP contribution in [0.4, 0.5) is 0 Å². The molecule has 4 rings (SSSR count). The van der Waals surface area contributed by atoms with E-state index in [0.717, 1.165) is 41.0 Å². The number of carboxylic acids is 1. The molecule has 8 nitrogen and oxygen atoms in total. The second-order valence-electron chi connectivity index (χ2n) is 10.3. The fraction of sp³-hybridized carbons (Fsp3) is 0.303. The van der Waals surface area contributed by atoms with Crippen molar-refractivity contribution in [2.24, 2.45) is 0 Å². The molecule has 0 aliphatic rings. The zero-order valence-corrected chi connectivity index (χ0v) is 24.8. The monoisotopic (exact) mass is 587 g/mol. The summed E-state index contributed by atoms with van der Waals surface area (Å²) in [7, 11) is -3.99. The average Bonchev–Trinajstić information content (AvgIpc) is 2.99. The largest absolute Gasteiger partial charge is 0.494 e. The Morgan fingerprint density at radius 1 is 0.833 bits per heavy atom. The van der Waals surface area contributed by atoms with Crippen molar-refractivity contribution in [1.82, 2.24) is 14.7 Å². The Morgan fingerprint density at radius 3 is 2.07 bits per heavy atom. The third kappa shape index (κ3) is 8.71. The Morgan fingerprint density at radius 2 is 1.45 bits per heavy atom. The van der Waals surface area contributed by atoms with Crippen molar-refractivity contribution in [3.8, 4) is 28.3 Å². The molecule has 0 saturated carbocycles. The number of aromatic nitrogens is 2. The van der Waals surface area contributed by atoms with E-state index in [9.17, 15) is 18.3 Å². The zero-order chi connectivity index (χ0) is 30.0. The van der Waals surface area contributed by atoms with Gasteiger partial charge in [0, 0.05) is 23.5 Å². The van der Waals surface area contributed by atoms with E-state index < -0.39 is 22.0 Å². The van der Waals surface area contributed by atoms with Crippen molar-refractivity contribution in [3.63, 3.8) is 0 Å². The Labute approximate surface area is 247 Å². The Balaban J connectivity index is 1.35. The second-order valence-corrected chi connectivity index (χ2v) is 12.0. The molecule has 220 valence electrons. The van der Waals surface area contributed by atoms with Crippen molar-refractivity contribution in [2.45, 2.75) is 63.3 Å². The fourth-order valence-corrected chi connectivity index (χ4v) is 5.63. The van der Waals surface area contributed by atoms with E-state index in [1.165, 1.54) is 37.8 Å². The minimum atomic E-state index is -3.99. The van der Waals surface area contributed by atoms with Crippen LogP contribution in [0.1, 0.15) is 50.2 Å². The molecule has 0 aliphatic carbocycles. The van der Waals surface area contributed by atoms with Gasteiger partial charge in [-0.1, -0.05) is 86.7 Å². The van der Waals surface area contributed by atoms with Crippen LogP contribution in [0.25, 0.3) is 22.5 Å². The van der Waals surface area contributed by atoms with Gasteiger partial charge in [0.05, 0.1) is 11.5 Å². The molecule has 0 aliphatic heterocycles. The second kappa shape index (κ2) is 14.7. The number of nitrogens with one attached hydrogen (secondary N) is 1. The van der Waals surface area contributed by atoms with E-state index in [1.54, 1.807) is 48.8 Å². The predicted octanol–water partition coefficient (Wildman–Crippen LogP) is 6.44. The lowest BCUT2D eigenvalue weighted by Crippen LogP contribution is -2.42. The van der Waals surface area contributed by atoms with E-state index in [2.05, 4.69) is 21.6 Å². The topological polar surface area (TPSA) is 118 Å². The number of unbranched alkanes of at least 4 members (excludes halogenated alkanes) is 4. The summed E-state index contributed by atoms with van der Waals surface area (Å²) >= 11 is 0. The molecule has 4 aromatic rings. The minimum absolute atomic E-state index is 0.0148. The van der Waals surface area contributed by atoms with Gasteiger partial charge < -0.3 is 9.84 Å². The predicted molar refractivity (Wildman–Crippen MR) is 164 cm³/mol. The molecule has 0 spiro atoms. The van der Waals surface area contributed by atoms with Gasteiger partial charge in [0.2, 0.25) is 10.0 Å². The first-order chi connectivity index (χ1) is 20.2. The molecule has 2 N–H and O–H groups in total. The lowest BCUT2D eigenvalue weighted by atomic mass is 10.0. The maximum atomic E-state index is 12.7. The maximum absolute atomic E-state index is 12.7. The molecule has 0 bridgehead atoms. The third-order valence-electron chi connectivity index (χ3n) is 6.93. The zero-order valence-electron chi connectivity index (χ0n) is 24.0. The first kappa shape index (κ1) is 30.9. The summed E-state index contributed by atoms with van der Waals surface area (Å²) in [4.78, 5) is 20.9. The number of hydrogen-bond acceptors (Lipinski definition) is 6. The summed E-state index contributed by atoms with van der Waals surface area (Å²) in [6, 6.07) is 19.9. The minimum Gasteiger partial charge on any atom is -0.494 e. The molecule has 0 unspecified atom stereocenters. The van der Waals surface area contributed by atoms with Crippen LogP contribution in [0.3, 0.4) is 0 Å². The van der Waals surface area contributed by atoms with E-state index >= 15 is 0 Å². The molecule has 1 atom stereocenters. The normalized spacial score (nSPS) is 12.1. The molecule has 0 radical (unpaired) electrons. The Kier molecular flexibility index (Phi) is 10.8. The van der Waals surface area contributed by atoms with E-state index in [0.29, 0.717) is 11.4 Å². The number of aliphatic carboxylic acids is 1. The highest BCUT2D eigenvalue weighted by molar-refractivity contribution is 7.89. The van der Waals surface area contributed by atoms with Crippen LogP contribution < -0.4 is 9.46 Å². The van der Waals surface area contributed by atoms with Gasteiger partial charge >= 0.3 is 5.97 Å². The SMILES string of the molecule is CCCCCCCOc1ccc(-c2cnc(-c3ccc(C[C@H](NS(=O)(=O)c4ccc(C)cc4)C(=O)O)cc3)nc2)cc1. The quantitative estimate of drug-likeness (QED) is 0.154. The molecule has 3 aromatic carbocycles. The van der Waals surface area contributed by atoms with Gasteiger partial charge in [-0.3, -0.25) is 4.79 Å². The smallest absolute Gasteiger partial charge is 0.322 e. The molecule has 1 aromatic heterocycles. The van der Waals surface area contributed by atoms with Crippen LogP contribution in [-0.4, -0.2) is 42.1 Å². The van der Waals surface area contributed by atoms with Gasteiger partial charge in [-0.15, -0.1) is 0 Å². The van der Waals surface area contributed by atoms with Crippen LogP contribution in [0.5, 0.6) is 5.75 Å². The summed E-state index contributed by atoms with van der Waals surface area (Å²) in [5.41, 5.74) is 4.20. The number of hydrogen-bond donors (Lipinski definition) is 2. The van der Waals surface area contributed by atoms with E-state index in [1.807, 2.05) is 31.2 Å². The number of rotatable bonds is 15. The Hall–Kier alpha value is -4.08. The van der Waals surface area contributed by atoms with Crippen LogP contribution in [0.15, 0.2) is 90.1 Å². The summed E-state index contributed by atoms with van der Waals surface area (Å²) in [5.74, 6) is 0.124. The number of carbonyl (C=O) groups is 1. The van der Waals surface area contributed by atoms with Crippen molar-refractivity contribution in [1.29, 1.82) is 0 Å². The number of carboxylic acid groups (broad SMARTS) is 1. The molecule has 1 heterocycles. The van der Waals surface area contributed by atoms with Crippen LogP contribution in [-0.2, 0) is 21.2 Å². The molecule has 0 amide bonds. The van der Waals surface area contributed by atoms with Gasteiger partial charge in [-0.05, 0) is 55.2 Å². The number of sulfonamides is 1. The van der Waals surface area contributed by atoms with E-state index in [4.69, 9.17) is 4.74 Å². The van der Waals surface area contributed by atoms with Gasteiger partial charge in [0.15, 0.2) is 5.82 Å². The molecule has 0 saturated heterocycles. The summed E-state index contributed by atoms with van der Waals surface area (Å²) < 4.78 is 33.6. The Bertz CT molecular complexity index is 1540. The number of aryl methyl sites for hydroxylation is 1. The average molecular weight is 588 g/mol. The highest BCUT2D eigenvalue weighted by Gasteiger charge is 2.25. The number of nitrogens with zero attached hydrogens (tertiary/aromatic N) is 2. The van der Waals surface area contributed by atoms with Gasteiger partial charge in [-0.2, -0.15) is 4.72 Å². The third-order valence-corrected chi connectivity index (χ3v) is 8.42. The van der Waals surface area contributed by atoms with Crippen molar-refractivity contribution in [3.05, 3.63) is 96.3 Å². The summed E-state index contributed by atoms with van der Waals surface area (Å²) in [6.07, 6.45) is 9.53. The lowest BCUT2D eigenvalue weighted by molar-refractivity contribution is -0.138. The first-order valence-electron chi connectivity index (χ1n) is 14.2. The maximum Gasteiger partial charge on any atom is 0.322 e. The van der Waals surface area contributed by atoms with Gasteiger partial charge in [0.1, 0.15) is 11.8 Å². The standard InChI is InChI=1S/C33H37N3O5S/c1-3-4-5-6-7-20-41-29-16-14-26(15-17-29)28-22-34-32(35-23-28)27-12-10-25(11-13-27)21-31(33(37)38)36-42(39,40)30-18-8-24(2)9-19-30/h8-19,22-23,31,36H,3-7,20-21H2,1-2H3,(H,37,38)/t31-/m0/s1. The fourth-order valence-electron chi connectivity index (χ4n) is 4.44. The lowest BCUT2D eigenvalue weighted by Gasteiger charge is -2.15. The summed E-state index contributed by atoms with van der Waals surface area (Å²) in [5, 5.41) is 9.68. The van der Waals surface area contributed by atoms with Gasteiger partial charge in [0.25, 0.3) is 0 Å².